The normalized spacial score (nSPS) is 18.9. The molecular weight excluding hydrogens is 306 g/mol. The number of hydrogen-bond acceptors (Lipinski definition) is 6. The van der Waals surface area contributed by atoms with Crippen molar-refractivity contribution in [2.45, 2.75) is 52.1 Å². The van der Waals surface area contributed by atoms with Gasteiger partial charge in [0.05, 0.1) is 12.2 Å². The average Bonchev–Trinajstić information content (AvgIpc) is 3.18. The monoisotopic (exact) mass is 329 g/mol. The molecule has 0 atom stereocenters. The van der Waals surface area contributed by atoms with Crippen LogP contribution in [0.15, 0.2) is 15.4 Å². The predicted molar refractivity (Wildman–Crippen MR) is 87.6 cm³/mol. The summed E-state index contributed by atoms with van der Waals surface area (Å²) >= 11 is 0. The summed E-state index contributed by atoms with van der Waals surface area (Å²) in [6.45, 7) is 5.28. The van der Waals surface area contributed by atoms with Crippen LogP contribution in [-0.2, 0) is 25.9 Å². The fourth-order valence-electron chi connectivity index (χ4n) is 3.75. The highest BCUT2D eigenvalue weighted by molar-refractivity contribution is 5.22. The van der Waals surface area contributed by atoms with E-state index in [1.54, 1.807) is 10.7 Å². The number of fused-ring (bicyclic) bond motifs is 1. The van der Waals surface area contributed by atoms with Gasteiger partial charge in [0, 0.05) is 19.5 Å². The lowest BCUT2D eigenvalue weighted by Gasteiger charge is -2.31. The molecule has 0 radical (unpaired) electrons. The minimum Gasteiger partial charge on any atom is -0.340 e. The zero-order valence-corrected chi connectivity index (χ0v) is 14.1. The highest BCUT2D eigenvalue weighted by atomic mass is 16.5. The fraction of sp³-hybridized carbons (Fsp3) is 0.647. The Morgan fingerprint density at radius 2 is 2.12 bits per heavy atom. The second-order valence-electron chi connectivity index (χ2n) is 6.94. The summed E-state index contributed by atoms with van der Waals surface area (Å²) in [4.78, 5) is 18.8. The van der Waals surface area contributed by atoms with Crippen LogP contribution in [0.25, 0.3) is 0 Å². The summed E-state index contributed by atoms with van der Waals surface area (Å²) in [6, 6.07) is 1.79. The number of piperidine rings is 1. The quantitative estimate of drug-likeness (QED) is 0.842. The van der Waals surface area contributed by atoms with Crippen molar-refractivity contribution >= 4 is 0 Å². The van der Waals surface area contributed by atoms with E-state index in [4.69, 9.17) is 4.52 Å². The Balaban J connectivity index is 1.34. The molecule has 128 valence electrons. The van der Waals surface area contributed by atoms with Gasteiger partial charge in [-0.2, -0.15) is 10.1 Å². The molecule has 2 aromatic heterocycles. The molecule has 0 aromatic carbocycles. The van der Waals surface area contributed by atoms with E-state index >= 15 is 0 Å². The second kappa shape index (κ2) is 6.47. The first kappa shape index (κ1) is 15.5. The third-order valence-corrected chi connectivity index (χ3v) is 5.10. The van der Waals surface area contributed by atoms with E-state index in [1.807, 2.05) is 6.92 Å². The van der Waals surface area contributed by atoms with Gasteiger partial charge in [0.1, 0.15) is 0 Å². The van der Waals surface area contributed by atoms with E-state index < -0.39 is 0 Å². The molecule has 0 spiro atoms. The van der Waals surface area contributed by atoms with Crippen LogP contribution >= 0.6 is 0 Å². The van der Waals surface area contributed by atoms with Gasteiger partial charge in [-0.15, -0.1) is 0 Å². The molecule has 0 bridgehead atoms. The van der Waals surface area contributed by atoms with Crippen LogP contribution < -0.4 is 5.56 Å². The minimum absolute atomic E-state index is 0.0559. The molecule has 4 rings (SSSR count). The third kappa shape index (κ3) is 3.26. The van der Waals surface area contributed by atoms with Gasteiger partial charge < -0.3 is 4.52 Å². The predicted octanol–water partition coefficient (Wildman–Crippen LogP) is 1.34. The van der Waals surface area contributed by atoms with Crippen molar-refractivity contribution in [3.05, 3.63) is 39.4 Å². The van der Waals surface area contributed by atoms with Gasteiger partial charge in [0.2, 0.25) is 5.89 Å². The molecule has 7 nitrogen and oxygen atoms in total. The molecule has 3 heterocycles. The molecule has 1 fully saturated rings. The van der Waals surface area contributed by atoms with E-state index in [9.17, 15) is 4.79 Å². The van der Waals surface area contributed by atoms with Gasteiger partial charge in [-0.05, 0) is 56.7 Å². The van der Waals surface area contributed by atoms with Gasteiger partial charge in [0.15, 0.2) is 5.82 Å². The highest BCUT2D eigenvalue weighted by Crippen LogP contribution is 2.21. The first-order valence-corrected chi connectivity index (χ1v) is 8.79. The van der Waals surface area contributed by atoms with Crippen molar-refractivity contribution in [3.63, 3.8) is 0 Å². The Kier molecular flexibility index (Phi) is 4.18. The van der Waals surface area contributed by atoms with Crippen LogP contribution in [0.4, 0.5) is 0 Å². The van der Waals surface area contributed by atoms with Crippen molar-refractivity contribution in [3.8, 4) is 0 Å². The van der Waals surface area contributed by atoms with Crippen molar-refractivity contribution in [1.82, 2.24) is 24.8 Å². The van der Waals surface area contributed by atoms with Crippen molar-refractivity contribution < 1.29 is 4.52 Å². The van der Waals surface area contributed by atoms with Gasteiger partial charge >= 0.3 is 0 Å². The highest BCUT2D eigenvalue weighted by Gasteiger charge is 2.22. The van der Waals surface area contributed by atoms with Crippen LogP contribution in [0.5, 0.6) is 0 Å². The first-order chi connectivity index (χ1) is 11.7. The maximum atomic E-state index is 12.2. The molecule has 7 heteroatoms. The van der Waals surface area contributed by atoms with E-state index in [0.29, 0.717) is 11.8 Å². The Morgan fingerprint density at radius 1 is 1.29 bits per heavy atom. The summed E-state index contributed by atoms with van der Waals surface area (Å²) in [5.41, 5.74) is 2.33. The number of hydrogen-bond donors (Lipinski definition) is 0. The summed E-state index contributed by atoms with van der Waals surface area (Å²) in [6.07, 6.45) is 5.29. The molecule has 2 aromatic rings. The molecule has 0 amide bonds. The molecule has 1 saturated heterocycles. The van der Waals surface area contributed by atoms with Crippen LogP contribution in [0.3, 0.4) is 0 Å². The minimum atomic E-state index is 0.0559. The summed E-state index contributed by atoms with van der Waals surface area (Å²) in [7, 11) is 0. The summed E-state index contributed by atoms with van der Waals surface area (Å²) in [5, 5.41) is 8.55. The molecule has 0 N–H and O–H groups in total. The molecule has 1 aliphatic heterocycles. The first-order valence-electron chi connectivity index (χ1n) is 8.79. The summed E-state index contributed by atoms with van der Waals surface area (Å²) in [5.74, 6) is 1.88. The molecular formula is C17H23N5O2. The average molecular weight is 329 g/mol. The molecule has 0 saturated carbocycles. The van der Waals surface area contributed by atoms with E-state index in [1.165, 1.54) is 0 Å². The van der Waals surface area contributed by atoms with E-state index in [2.05, 4.69) is 20.1 Å². The van der Waals surface area contributed by atoms with Gasteiger partial charge in [-0.3, -0.25) is 9.69 Å². The van der Waals surface area contributed by atoms with Crippen molar-refractivity contribution in [2.24, 2.45) is 5.92 Å². The zero-order chi connectivity index (χ0) is 16.5. The maximum absolute atomic E-state index is 12.2. The summed E-state index contributed by atoms with van der Waals surface area (Å²) < 4.78 is 6.71. The van der Waals surface area contributed by atoms with Crippen molar-refractivity contribution in [1.29, 1.82) is 0 Å². The largest absolute Gasteiger partial charge is 0.340 e. The number of likely N-dealkylation sites (tertiary alicyclic amines) is 1. The smallest absolute Gasteiger partial charge is 0.267 e. The van der Waals surface area contributed by atoms with Crippen LogP contribution in [-0.4, -0.2) is 37.9 Å². The zero-order valence-electron chi connectivity index (χ0n) is 14.1. The van der Waals surface area contributed by atoms with Crippen LogP contribution in [0, 0.1) is 12.8 Å². The number of aromatic nitrogens is 4. The Bertz CT molecular complexity index is 774. The number of rotatable bonds is 4. The van der Waals surface area contributed by atoms with E-state index in [0.717, 1.165) is 75.4 Å². The Morgan fingerprint density at radius 3 is 2.88 bits per heavy atom. The molecule has 2 aliphatic rings. The SMILES string of the molecule is Cc1nc(CN2CCC(Cn3nc4c(cc3=O)CCC4)CC2)no1. The lowest BCUT2D eigenvalue weighted by molar-refractivity contribution is 0.159. The standard InChI is InChI=1S/C17H23N5O2/c1-12-18-16(20-24-12)11-21-7-5-13(6-8-21)10-22-17(23)9-14-3-2-4-15(14)19-22/h9,13H,2-8,10-11H2,1H3. The van der Waals surface area contributed by atoms with Crippen LogP contribution in [0.2, 0.25) is 0 Å². The van der Waals surface area contributed by atoms with Gasteiger partial charge in [0.25, 0.3) is 5.56 Å². The Hall–Kier alpha value is -2.02. The fourth-order valence-corrected chi connectivity index (χ4v) is 3.75. The Labute approximate surface area is 140 Å². The van der Waals surface area contributed by atoms with Crippen molar-refractivity contribution in [2.75, 3.05) is 13.1 Å². The van der Waals surface area contributed by atoms with Gasteiger partial charge in [-0.25, -0.2) is 4.68 Å². The molecule has 1 aliphatic carbocycles. The van der Waals surface area contributed by atoms with Gasteiger partial charge in [-0.1, -0.05) is 5.16 Å². The number of aryl methyl sites for hydroxylation is 3. The topological polar surface area (TPSA) is 77.1 Å². The second-order valence-corrected chi connectivity index (χ2v) is 6.94. The third-order valence-electron chi connectivity index (χ3n) is 5.10. The maximum Gasteiger partial charge on any atom is 0.267 e. The van der Waals surface area contributed by atoms with E-state index in [-0.39, 0.29) is 5.56 Å². The lowest BCUT2D eigenvalue weighted by Crippen LogP contribution is -2.36. The number of nitrogens with zero attached hydrogens (tertiary/aromatic N) is 5. The van der Waals surface area contributed by atoms with Crippen LogP contribution in [0.1, 0.15) is 42.2 Å². The molecule has 24 heavy (non-hydrogen) atoms. The lowest BCUT2D eigenvalue weighted by atomic mass is 9.97. The molecule has 0 unspecified atom stereocenters.